The summed E-state index contributed by atoms with van der Waals surface area (Å²) in [4.78, 5) is 15.6. The predicted octanol–water partition coefficient (Wildman–Crippen LogP) is 1.52. The quantitative estimate of drug-likeness (QED) is 0.920. The Balaban J connectivity index is 2.00. The van der Waals surface area contributed by atoms with E-state index in [1.54, 1.807) is 11.8 Å². The van der Waals surface area contributed by atoms with Crippen LogP contribution in [0.4, 0.5) is 8.78 Å². The molecule has 1 aromatic carbocycles. The molecule has 2 rings (SSSR count). The number of benzene rings is 1. The van der Waals surface area contributed by atoms with Crippen LogP contribution in [0.5, 0.6) is 0 Å². The van der Waals surface area contributed by atoms with Crippen molar-refractivity contribution < 1.29 is 13.6 Å². The van der Waals surface area contributed by atoms with Crippen LogP contribution >= 0.6 is 0 Å². The number of piperazine rings is 1. The van der Waals surface area contributed by atoms with Crippen LogP contribution in [0, 0.1) is 11.6 Å². The monoisotopic (exact) mass is 297 g/mol. The molecule has 2 atom stereocenters. The van der Waals surface area contributed by atoms with E-state index in [0.717, 1.165) is 6.07 Å². The number of carbonyl (C=O) groups is 1. The van der Waals surface area contributed by atoms with Crippen LogP contribution in [-0.2, 0) is 4.79 Å². The van der Waals surface area contributed by atoms with Crippen molar-refractivity contribution in [3.05, 3.63) is 35.4 Å². The number of nitrogens with zero attached hydrogens (tertiary/aromatic N) is 2. The highest BCUT2D eigenvalue weighted by atomic mass is 19.1. The smallest absolute Gasteiger partial charge is 0.239 e. The van der Waals surface area contributed by atoms with Gasteiger partial charge in [0.1, 0.15) is 11.6 Å². The van der Waals surface area contributed by atoms with Gasteiger partial charge in [-0.05, 0) is 19.9 Å². The third-order valence-corrected chi connectivity index (χ3v) is 3.98. The molecule has 1 amide bonds. The topological polar surface area (TPSA) is 49.6 Å². The van der Waals surface area contributed by atoms with E-state index in [2.05, 4.69) is 4.90 Å². The first-order chi connectivity index (χ1) is 9.90. The maximum Gasteiger partial charge on any atom is 0.239 e. The molecule has 116 valence electrons. The van der Waals surface area contributed by atoms with Crippen LogP contribution in [0.15, 0.2) is 18.2 Å². The summed E-state index contributed by atoms with van der Waals surface area (Å²) in [6.07, 6.45) is 0. The van der Waals surface area contributed by atoms with Gasteiger partial charge in [0.2, 0.25) is 5.91 Å². The van der Waals surface area contributed by atoms with E-state index >= 15 is 0 Å². The van der Waals surface area contributed by atoms with Gasteiger partial charge in [0.15, 0.2) is 0 Å². The molecule has 6 heteroatoms. The number of amides is 1. The number of halogens is 2. The van der Waals surface area contributed by atoms with Gasteiger partial charge in [-0.2, -0.15) is 0 Å². The molecule has 2 N–H and O–H groups in total. The lowest BCUT2D eigenvalue weighted by Crippen LogP contribution is -2.52. The standard InChI is InChI=1S/C15H21F2N3O/c1-10(18)15(21)20-7-5-19(6-8-20)11(2)13-4-3-12(16)9-14(13)17/h3-4,9-11H,5-8,18H2,1-2H3/t10-,11?/m1/s1. The summed E-state index contributed by atoms with van der Waals surface area (Å²) >= 11 is 0. The first kappa shape index (κ1) is 15.9. The van der Waals surface area contributed by atoms with Crippen LogP contribution in [0.1, 0.15) is 25.5 Å². The third kappa shape index (κ3) is 3.57. The highest BCUT2D eigenvalue weighted by Crippen LogP contribution is 2.24. The average Bonchev–Trinajstić information content (AvgIpc) is 2.46. The molecule has 0 aliphatic carbocycles. The van der Waals surface area contributed by atoms with E-state index in [9.17, 15) is 13.6 Å². The van der Waals surface area contributed by atoms with Crippen molar-refractivity contribution in [2.24, 2.45) is 5.73 Å². The van der Waals surface area contributed by atoms with E-state index in [1.807, 2.05) is 6.92 Å². The summed E-state index contributed by atoms with van der Waals surface area (Å²) in [5.41, 5.74) is 6.07. The molecule has 1 aliphatic heterocycles. The Morgan fingerprint density at radius 2 is 1.81 bits per heavy atom. The van der Waals surface area contributed by atoms with Crippen LogP contribution in [0.3, 0.4) is 0 Å². The summed E-state index contributed by atoms with van der Waals surface area (Å²) in [5.74, 6) is -1.16. The number of carbonyl (C=O) groups excluding carboxylic acids is 1. The van der Waals surface area contributed by atoms with Gasteiger partial charge in [-0.15, -0.1) is 0 Å². The Labute approximate surface area is 123 Å². The van der Waals surface area contributed by atoms with Crippen LogP contribution in [0.2, 0.25) is 0 Å². The van der Waals surface area contributed by atoms with Gasteiger partial charge in [0, 0.05) is 43.9 Å². The Morgan fingerprint density at radius 3 is 2.33 bits per heavy atom. The molecule has 1 aromatic rings. The van der Waals surface area contributed by atoms with Crippen molar-refractivity contribution in [1.29, 1.82) is 0 Å². The van der Waals surface area contributed by atoms with Crippen LogP contribution in [0.25, 0.3) is 0 Å². The van der Waals surface area contributed by atoms with Gasteiger partial charge in [-0.1, -0.05) is 6.07 Å². The maximum atomic E-state index is 13.8. The molecular weight excluding hydrogens is 276 g/mol. The molecular formula is C15H21F2N3O. The van der Waals surface area contributed by atoms with Gasteiger partial charge in [0.25, 0.3) is 0 Å². The zero-order chi connectivity index (χ0) is 15.6. The third-order valence-electron chi connectivity index (χ3n) is 3.98. The largest absolute Gasteiger partial charge is 0.339 e. The molecule has 4 nitrogen and oxygen atoms in total. The fourth-order valence-electron chi connectivity index (χ4n) is 2.65. The highest BCUT2D eigenvalue weighted by Gasteiger charge is 2.27. The van der Waals surface area contributed by atoms with Crippen molar-refractivity contribution in [2.75, 3.05) is 26.2 Å². The lowest BCUT2D eigenvalue weighted by Gasteiger charge is -2.38. The molecule has 0 saturated carbocycles. The second-order valence-electron chi connectivity index (χ2n) is 5.49. The Bertz CT molecular complexity index is 514. The molecule has 1 unspecified atom stereocenters. The lowest BCUT2D eigenvalue weighted by atomic mass is 10.1. The molecule has 0 aromatic heterocycles. The molecule has 0 spiro atoms. The number of hydrogen-bond acceptors (Lipinski definition) is 3. The summed E-state index contributed by atoms with van der Waals surface area (Å²) in [6, 6.07) is 3.00. The fourth-order valence-corrected chi connectivity index (χ4v) is 2.65. The Morgan fingerprint density at radius 1 is 1.19 bits per heavy atom. The maximum absolute atomic E-state index is 13.8. The van der Waals surface area contributed by atoms with Gasteiger partial charge < -0.3 is 10.6 Å². The minimum atomic E-state index is -0.573. The number of nitrogens with two attached hydrogens (primary N) is 1. The van der Waals surface area contributed by atoms with E-state index in [4.69, 9.17) is 5.73 Å². The summed E-state index contributed by atoms with van der Waals surface area (Å²) < 4.78 is 26.8. The first-order valence-corrected chi connectivity index (χ1v) is 7.13. The SMILES string of the molecule is CC(c1ccc(F)cc1F)N1CCN(C(=O)[C@@H](C)N)CC1. The molecule has 1 heterocycles. The minimum absolute atomic E-state index is 0.0599. The van der Waals surface area contributed by atoms with Crippen molar-refractivity contribution in [3.63, 3.8) is 0 Å². The second-order valence-corrected chi connectivity index (χ2v) is 5.49. The Kier molecular flexibility index (Phi) is 4.90. The molecule has 21 heavy (non-hydrogen) atoms. The Hall–Kier alpha value is -1.53. The highest BCUT2D eigenvalue weighted by molar-refractivity contribution is 5.81. The zero-order valence-corrected chi connectivity index (χ0v) is 12.4. The summed E-state index contributed by atoms with van der Waals surface area (Å²) in [5, 5.41) is 0. The molecule has 0 radical (unpaired) electrons. The minimum Gasteiger partial charge on any atom is -0.339 e. The number of hydrogen-bond donors (Lipinski definition) is 1. The fraction of sp³-hybridized carbons (Fsp3) is 0.533. The second kappa shape index (κ2) is 6.49. The first-order valence-electron chi connectivity index (χ1n) is 7.13. The van der Waals surface area contributed by atoms with Crippen molar-refractivity contribution >= 4 is 5.91 Å². The van der Waals surface area contributed by atoms with Crippen LogP contribution < -0.4 is 5.73 Å². The van der Waals surface area contributed by atoms with Crippen molar-refractivity contribution in [1.82, 2.24) is 9.80 Å². The molecule has 1 fully saturated rings. The van der Waals surface area contributed by atoms with Gasteiger partial charge in [-0.25, -0.2) is 8.78 Å². The molecule has 0 bridgehead atoms. The molecule has 1 saturated heterocycles. The van der Waals surface area contributed by atoms with E-state index in [0.29, 0.717) is 31.7 Å². The van der Waals surface area contributed by atoms with Gasteiger partial charge in [-0.3, -0.25) is 9.69 Å². The van der Waals surface area contributed by atoms with Crippen molar-refractivity contribution in [3.8, 4) is 0 Å². The zero-order valence-electron chi connectivity index (χ0n) is 12.4. The summed E-state index contributed by atoms with van der Waals surface area (Å²) in [6.45, 7) is 6.01. The van der Waals surface area contributed by atoms with Crippen LogP contribution in [-0.4, -0.2) is 47.9 Å². The molecule has 1 aliphatic rings. The normalized spacial score (nSPS) is 19.4. The summed E-state index contributed by atoms with van der Waals surface area (Å²) in [7, 11) is 0. The van der Waals surface area contributed by atoms with Crippen molar-refractivity contribution in [2.45, 2.75) is 25.9 Å². The van der Waals surface area contributed by atoms with E-state index in [-0.39, 0.29) is 11.9 Å². The van der Waals surface area contributed by atoms with E-state index in [1.165, 1.54) is 12.1 Å². The van der Waals surface area contributed by atoms with Gasteiger partial charge in [0.05, 0.1) is 6.04 Å². The average molecular weight is 297 g/mol. The number of rotatable bonds is 3. The predicted molar refractivity (Wildman–Crippen MR) is 76.6 cm³/mol. The van der Waals surface area contributed by atoms with Gasteiger partial charge >= 0.3 is 0 Å². The van der Waals surface area contributed by atoms with E-state index < -0.39 is 17.7 Å². The lowest BCUT2D eigenvalue weighted by molar-refractivity contribution is -0.134.